The molecule has 1 aliphatic heterocycles. The summed E-state index contributed by atoms with van der Waals surface area (Å²) >= 11 is 12.4. The van der Waals surface area contributed by atoms with Gasteiger partial charge in [-0.2, -0.15) is 9.40 Å². The van der Waals surface area contributed by atoms with Gasteiger partial charge in [-0.3, -0.25) is 9.48 Å². The van der Waals surface area contributed by atoms with Gasteiger partial charge in [-0.1, -0.05) is 29.6 Å². The van der Waals surface area contributed by atoms with Gasteiger partial charge in [0.25, 0.3) is 5.91 Å². The van der Waals surface area contributed by atoms with Gasteiger partial charge >= 0.3 is 0 Å². The standard InChI is InChI=1S/C18H22Cl2N4O3S/c1-3-24-12(2)16(11-21-24)22-18(25)13-9-17(15(20)10-14(13)19)28(26,27)23-7-5-4-6-8-23/h9-11H,3-8H2,1-2H3,(H,22,25). The molecule has 1 N–H and O–H groups in total. The molecule has 2 heterocycles. The number of nitrogens with zero attached hydrogens (tertiary/aromatic N) is 3. The van der Waals surface area contributed by atoms with Crippen LogP contribution < -0.4 is 5.32 Å². The molecule has 0 unspecified atom stereocenters. The molecule has 1 amide bonds. The Bertz CT molecular complexity index is 998. The van der Waals surface area contributed by atoms with E-state index in [4.69, 9.17) is 23.2 Å². The van der Waals surface area contributed by atoms with E-state index in [0.717, 1.165) is 25.0 Å². The third-order valence-electron chi connectivity index (χ3n) is 4.85. The Kier molecular flexibility index (Phi) is 6.34. The van der Waals surface area contributed by atoms with E-state index in [1.54, 1.807) is 10.9 Å². The van der Waals surface area contributed by atoms with Crippen molar-refractivity contribution in [2.75, 3.05) is 18.4 Å². The number of rotatable bonds is 5. The Balaban J connectivity index is 1.94. The van der Waals surface area contributed by atoms with Crippen LogP contribution in [-0.2, 0) is 16.6 Å². The van der Waals surface area contributed by atoms with Crippen LogP contribution in [-0.4, -0.2) is 41.5 Å². The van der Waals surface area contributed by atoms with Crippen molar-refractivity contribution in [1.29, 1.82) is 0 Å². The zero-order chi connectivity index (χ0) is 20.5. The van der Waals surface area contributed by atoms with E-state index < -0.39 is 15.9 Å². The zero-order valence-electron chi connectivity index (χ0n) is 15.7. The first-order chi connectivity index (χ1) is 13.3. The Morgan fingerprint density at radius 3 is 2.46 bits per heavy atom. The molecule has 3 rings (SSSR count). The monoisotopic (exact) mass is 444 g/mol. The fourth-order valence-electron chi connectivity index (χ4n) is 3.22. The molecular formula is C18H22Cl2N4O3S. The van der Waals surface area contributed by atoms with Crippen molar-refractivity contribution >= 4 is 44.8 Å². The number of hydrogen-bond donors (Lipinski definition) is 1. The molecule has 0 atom stereocenters. The predicted molar refractivity (Wildman–Crippen MR) is 110 cm³/mol. The van der Waals surface area contributed by atoms with Crippen LogP contribution in [0.25, 0.3) is 0 Å². The first kappa shape index (κ1) is 21.1. The highest BCUT2D eigenvalue weighted by atomic mass is 35.5. The summed E-state index contributed by atoms with van der Waals surface area (Å²) in [5.74, 6) is -0.518. The minimum absolute atomic E-state index is 0.00195. The summed E-state index contributed by atoms with van der Waals surface area (Å²) in [4.78, 5) is 12.7. The number of nitrogens with one attached hydrogen (secondary N) is 1. The zero-order valence-corrected chi connectivity index (χ0v) is 18.0. The molecule has 0 saturated carbocycles. The van der Waals surface area contributed by atoms with Crippen LogP contribution in [0.4, 0.5) is 5.69 Å². The summed E-state index contributed by atoms with van der Waals surface area (Å²) in [5, 5.41) is 7.01. The first-order valence-corrected chi connectivity index (χ1v) is 11.3. The maximum atomic E-state index is 13.0. The van der Waals surface area contributed by atoms with Gasteiger partial charge in [-0.05, 0) is 38.8 Å². The lowest BCUT2D eigenvalue weighted by atomic mass is 10.2. The first-order valence-electron chi connectivity index (χ1n) is 9.08. The van der Waals surface area contributed by atoms with Gasteiger partial charge in [0.2, 0.25) is 10.0 Å². The van der Waals surface area contributed by atoms with Crippen molar-refractivity contribution in [1.82, 2.24) is 14.1 Å². The Morgan fingerprint density at radius 1 is 1.18 bits per heavy atom. The Hall–Kier alpha value is -1.61. The molecule has 0 bridgehead atoms. The van der Waals surface area contributed by atoms with Crippen molar-refractivity contribution < 1.29 is 13.2 Å². The van der Waals surface area contributed by atoms with Crippen LogP contribution >= 0.6 is 23.2 Å². The number of hydrogen-bond acceptors (Lipinski definition) is 4. The highest BCUT2D eigenvalue weighted by Crippen LogP contribution is 2.32. The number of aryl methyl sites for hydroxylation is 1. The van der Waals surface area contributed by atoms with Crippen molar-refractivity contribution in [3.63, 3.8) is 0 Å². The maximum Gasteiger partial charge on any atom is 0.257 e. The van der Waals surface area contributed by atoms with E-state index in [9.17, 15) is 13.2 Å². The topological polar surface area (TPSA) is 84.3 Å². The molecule has 1 fully saturated rings. The molecule has 152 valence electrons. The van der Waals surface area contributed by atoms with Gasteiger partial charge in [0.15, 0.2) is 0 Å². The molecule has 2 aromatic rings. The van der Waals surface area contributed by atoms with Crippen LogP contribution in [0.2, 0.25) is 10.0 Å². The molecule has 7 nitrogen and oxygen atoms in total. The summed E-state index contributed by atoms with van der Waals surface area (Å²) in [6.45, 7) is 5.33. The van der Waals surface area contributed by atoms with Crippen LogP contribution in [0.5, 0.6) is 0 Å². The summed E-state index contributed by atoms with van der Waals surface area (Å²) < 4.78 is 29.2. The quantitative estimate of drug-likeness (QED) is 0.756. The number of aromatic nitrogens is 2. The molecule has 1 aliphatic rings. The summed E-state index contributed by atoms with van der Waals surface area (Å²) in [6, 6.07) is 2.56. The molecular weight excluding hydrogens is 423 g/mol. The summed E-state index contributed by atoms with van der Waals surface area (Å²) in [7, 11) is -3.80. The molecule has 0 aliphatic carbocycles. The Labute approximate surface area is 174 Å². The second-order valence-electron chi connectivity index (χ2n) is 6.64. The minimum atomic E-state index is -3.80. The highest BCUT2D eigenvalue weighted by molar-refractivity contribution is 7.89. The second-order valence-corrected chi connectivity index (χ2v) is 9.36. The minimum Gasteiger partial charge on any atom is -0.319 e. The lowest BCUT2D eigenvalue weighted by Crippen LogP contribution is -2.35. The fourth-order valence-corrected chi connectivity index (χ4v) is 5.57. The van der Waals surface area contributed by atoms with Crippen molar-refractivity contribution in [2.24, 2.45) is 0 Å². The average molecular weight is 445 g/mol. The SMILES string of the molecule is CCn1ncc(NC(=O)c2cc(S(=O)(=O)N3CCCCC3)c(Cl)cc2Cl)c1C. The molecule has 0 spiro atoms. The van der Waals surface area contributed by atoms with Crippen LogP contribution in [0.1, 0.15) is 42.2 Å². The van der Waals surface area contributed by atoms with Gasteiger partial charge in [-0.25, -0.2) is 8.42 Å². The van der Waals surface area contributed by atoms with Crippen molar-refractivity contribution in [2.45, 2.75) is 44.6 Å². The largest absolute Gasteiger partial charge is 0.319 e. The van der Waals surface area contributed by atoms with E-state index in [-0.39, 0.29) is 20.5 Å². The third-order valence-corrected chi connectivity index (χ3v) is 7.53. The summed E-state index contributed by atoms with van der Waals surface area (Å²) in [6.07, 6.45) is 4.15. The number of benzene rings is 1. The molecule has 10 heteroatoms. The van der Waals surface area contributed by atoms with Crippen molar-refractivity contribution in [3.8, 4) is 0 Å². The van der Waals surface area contributed by atoms with E-state index >= 15 is 0 Å². The normalized spacial score (nSPS) is 15.6. The molecule has 1 aromatic heterocycles. The van der Waals surface area contributed by atoms with Crippen molar-refractivity contribution in [3.05, 3.63) is 39.6 Å². The third kappa shape index (κ3) is 4.05. The van der Waals surface area contributed by atoms with Crippen LogP contribution in [0.3, 0.4) is 0 Å². The number of anilines is 1. The molecule has 1 aromatic carbocycles. The summed E-state index contributed by atoms with van der Waals surface area (Å²) in [5.41, 5.74) is 1.38. The number of sulfonamides is 1. The number of piperidine rings is 1. The van der Waals surface area contributed by atoms with Gasteiger partial charge in [0.1, 0.15) is 4.90 Å². The van der Waals surface area contributed by atoms with E-state index in [2.05, 4.69) is 10.4 Å². The smallest absolute Gasteiger partial charge is 0.257 e. The lowest BCUT2D eigenvalue weighted by molar-refractivity contribution is 0.102. The number of carbonyl (C=O) groups excluding carboxylic acids is 1. The van der Waals surface area contributed by atoms with E-state index in [1.165, 1.54) is 16.4 Å². The van der Waals surface area contributed by atoms with E-state index in [1.807, 2.05) is 13.8 Å². The number of halogens is 2. The lowest BCUT2D eigenvalue weighted by Gasteiger charge is -2.26. The van der Waals surface area contributed by atoms with E-state index in [0.29, 0.717) is 25.3 Å². The molecule has 0 radical (unpaired) electrons. The van der Waals surface area contributed by atoms with Gasteiger partial charge in [0, 0.05) is 19.6 Å². The Morgan fingerprint density at radius 2 is 1.86 bits per heavy atom. The van der Waals surface area contributed by atoms with Crippen LogP contribution in [0.15, 0.2) is 23.2 Å². The van der Waals surface area contributed by atoms with Crippen LogP contribution in [0, 0.1) is 6.92 Å². The molecule has 1 saturated heterocycles. The highest BCUT2D eigenvalue weighted by Gasteiger charge is 2.30. The predicted octanol–water partition coefficient (Wildman–Crippen LogP) is 3.95. The fraction of sp³-hybridized carbons (Fsp3) is 0.444. The molecule has 28 heavy (non-hydrogen) atoms. The number of carbonyl (C=O) groups is 1. The van der Waals surface area contributed by atoms with Gasteiger partial charge in [-0.15, -0.1) is 0 Å². The second kappa shape index (κ2) is 8.41. The van der Waals surface area contributed by atoms with Gasteiger partial charge in [0.05, 0.1) is 33.2 Å². The number of amides is 1. The van der Waals surface area contributed by atoms with Gasteiger partial charge < -0.3 is 5.32 Å². The maximum absolute atomic E-state index is 13.0. The average Bonchev–Trinajstić information content (AvgIpc) is 3.01.